The minimum Gasteiger partial charge on any atom is -0.451 e. The van der Waals surface area contributed by atoms with Crippen molar-refractivity contribution in [2.75, 3.05) is 6.61 Å². The molecule has 18 heavy (non-hydrogen) atoms. The van der Waals surface area contributed by atoms with E-state index in [0.29, 0.717) is 13.0 Å². The van der Waals surface area contributed by atoms with Crippen LogP contribution in [0.5, 0.6) is 0 Å². The van der Waals surface area contributed by atoms with Crippen molar-refractivity contribution in [3.05, 3.63) is 0 Å². The van der Waals surface area contributed by atoms with Gasteiger partial charge < -0.3 is 14.8 Å². The van der Waals surface area contributed by atoms with Gasteiger partial charge >= 0.3 is 5.97 Å². The van der Waals surface area contributed by atoms with Crippen LogP contribution in [0.3, 0.4) is 0 Å². The molecule has 0 bridgehead atoms. The Bertz CT molecular complexity index is 306. The predicted octanol–water partition coefficient (Wildman–Crippen LogP) is 1.16. The minimum absolute atomic E-state index is 0.201. The van der Waals surface area contributed by atoms with E-state index in [1.54, 1.807) is 6.92 Å². The number of amides is 1. The van der Waals surface area contributed by atoms with Crippen molar-refractivity contribution in [3.8, 4) is 0 Å². The number of carbonyl (C=O) groups is 2. The van der Waals surface area contributed by atoms with E-state index in [0.717, 1.165) is 32.1 Å². The maximum absolute atomic E-state index is 11.8. The summed E-state index contributed by atoms with van der Waals surface area (Å²) in [6.07, 6.45) is 4.73. The fourth-order valence-corrected chi connectivity index (χ4v) is 2.46. The SMILES string of the molecule is C[C@H](OC(=O)[C@H]1CCCO1)C(=O)NC1CCCC1. The molecule has 0 aromatic carbocycles. The highest BCUT2D eigenvalue weighted by atomic mass is 16.6. The number of nitrogens with one attached hydrogen (secondary N) is 1. The monoisotopic (exact) mass is 255 g/mol. The summed E-state index contributed by atoms with van der Waals surface area (Å²) in [5.74, 6) is -0.616. The molecular weight excluding hydrogens is 234 g/mol. The number of hydrogen-bond donors (Lipinski definition) is 1. The van der Waals surface area contributed by atoms with Crippen LogP contribution in [0.4, 0.5) is 0 Å². The van der Waals surface area contributed by atoms with Gasteiger partial charge in [0.1, 0.15) is 0 Å². The summed E-state index contributed by atoms with van der Waals surface area (Å²) in [6.45, 7) is 2.21. The second-order valence-electron chi connectivity index (χ2n) is 5.07. The third-order valence-electron chi connectivity index (χ3n) is 3.56. The lowest BCUT2D eigenvalue weighted by molar-refractivity contribution is -0.163. The average Bonchev–Trinajstić information content (AvgIpc) is 3.01. The Hall–Kier alpha value is -1.10. The summed E-state index contributed by atoms with van der Waals surface area (Å²) in [5.41, 5.74) is 0. The van der Waals surface area contributed by atoms with E-state index in [-0.39, 0.29) is 11.9 Å². The Morgan fingerprint density at radius 2 is 1.94 bits per heavy atom. The molecule has 0 spiro atoms. The fourth-order valence-electron chi connectivity index (χ4n) is 2.46. The van der Waals surface area contributed by atoms with E-state index in [4.69, 9.17) is 9.47 Å². The van der Waals surface area contributed by atoms with Crippen LogP contribution in [0.2, 0.25) is 0 Å². The Kier molecular flexibility index (Phi) is 4.58. The molecule has 1 heterocycles. The van der Waals surface area contributed by atoms with Crippen molar-refractivity contribution in [1.29, 1.82) is 0 Å². The maximum atomic E-state index is 11.8. The second kappa shape index (κ2) is 6.18. The van der Waals surface area contributed by atoms with Gasteiger partial charge in [0.2, 0.25) is 0 Å². The van der Waals surface area contributed by atoms with Gasteiger partial charge in [-0.3, -0.25) is 4.79 Å². The summed E-state index contributed by atoms with van der Waals surface area (Å²) in [4.78, 5) is 23.5. The third-order valence-corrected chi connectivity index (χ3v) is 3.56. The Morgan fingerprint density at radius 3 is 2.56 bits per heavy atom. The summed E-state index contributed by atoms with van der Waals surface area (Å²) in [6, 6.07) is 0.251. The summed E-state index contributed by atoms with van der Waals surface area (Å²) < 4.78 is 10.4. The highest BCUT2D eigenvalue weighted by Gasteiger charge is 2.29. The van der Waals surface area contributed by atoms with Crippen molar-refractivity contribution in [2.45, 2.75) is 63.7 Å². The van der Waals surface area contributed by atoms with Crippen molar-refractivity contribution < 1.29 is 19.1 Å². The van der Waals surface area contributed by atoms with Crippen LogP contribution in [0.25, 0.3) is 0 Å². The minimum atomic E-state index is -0.734. The van der Waals surface area contributed by atoms with Crippen LogP contribution in [0.15, 0.2) is 0 Å². The van der Waals surface area contributed by atoms with Crippen molar-refractivity contribution in [2.24, 2.45) is 0 Å². The lowest BCUT2D eigenvalue weighted by Crippen LogP contribution is -2.42. The van der Waals surface area contributed by atoms with Gasteiger partial charge in [-0.25, -0.2) is 4.79 Å². The molecule has 2 fully saturated rings. The lowest BCUT2D eigenvalue weighted by Gasteiger charge is -2.18. The topological polar surface area (TPSA) is 64.6 Å². The average molecular weight is 255 g/mol. The molecule has 1 saturated carbocycles. The first kappa shape index (κ1) is 13.3. The molecule has 1 aliphatic heterocycles. The molecule has 1 amide bonds. The lowest BCUT2D eigenvalue weighted by atomic mass is 10.2. The van der Waals surface area contributed by atoms with Gasteiger partial charge in [0, 0.05) is 12.6 Å². The summed E-state index contributed by atoms with van der Waals surface area (Å²) >= 11 is 0. The zero-order valence-corrected chi connectivity index (χ0v) is 10.8. The quantitative estimate of drug-likeness (QED) is 0.765. The molecule has 0 aromatic heterocycles. The molecule has 1 aliphatic carbocycles. The molecule has 2 aliphatic rings. The van der Waals surface area contributed by atoms with Gasteiger partial charge in [-0.2, -0.15) is 0 Å². The predicted molar refractivity (Wildman–Crippen MR) is 64.9 cm³/mol. The van der Waals surface area contributed by atoms with Gasteiger partial charge in [-0.1, -0.05) is 12.8 Å². The first-order valence-corrected chi connectivity index (χ1v) is 6.79. The molecule has 102 valence electrons. The Morgan fingerprint density at radius 1 is 1.22 bits per heavy atom. The Labute approximate surface area is 107 Å². The van der Waals surface area contributed by atoms with E-state index in [2.05, 4.69) is 5.32 Å². The largest absolute Gasteiger partial charge is 0.451 e. The van der Waals surface area contributed by atoms with Gasteiger partial charge in [0.15, 0.2) is 12.2 Å². The molecule has 5 nitrogen and oxygen atoms in total. The van der Waals surface area contributed by atoms with E-state index in [1.165, 1.54) is 0 Å². The zero-order valence-electron chi connectivity index (χ0n) is 10.8. The molecule has 5 heteroatoms. The Balaban J connectivity index is 1.73. The van der Waals surface area contributed by atoms with Gasteiger partial charge in [0.05, 0.1) is 0 Å². The molecular formula is C13H21NO4. The van der Waals surface area contributed by atoms with E-state index >= 15 is 0 Å². The van der Waals surface area contributed by atoms with Crippen molar-refractivity contribution in [1.82, 2.24) is 5.32 Å². The summed E-state index contributed by atoms with van der Waals surface area (Å²) in [7, 11) is 0. The highest BCUT2D eigenvalue weighted by molar-refractivity contribution is 5.84. The molecule has 2 atom stereocenters. The van der Waals surface area contributed by atoms with E-state index in [1.807, 2.05) is 0 Å². The molecule has 0 radical (unpaired) electrons. The molecule has 1 N–H and O–H groups in total. The maximum Gasteiger partial charge on any atom is 0.336 e. The zero-order chi connectivity index (χ0) is 13.0. The van der Waals surface area contributed by atoms with Crippen molar-refractivity contribution in [3.63, 3.8) is 0 Å². The smallest absolute Gasteiger partial charge is 0.336 e. The first-order valence-electron chi connectivity index (χ1n) is 6.79. The van der Waals surface area contributed by atoms with E-state index in [9.17, 15) is 9.59 Å². The number of esters is 1. The van der Waals surface area contributed by atoms with Gasteiger partial charge in [0.25, 0.3) is 5.91 Å². The van der Waals surface area contributed by atoms with E-state index < -0.39 is 18.2 Å². The second-order valence-corrected chi connectivity index (χ2v) is 5.07. The number of carbonyl (C=O) groups excluding carboxylic acids is 2. The number of ether oxygens (including phenoxy) is 2. The van der Waals surface area contributed by atoms with Crippen LogP contribution in [-0.4, -0.2) is 36.7 Å². The van der Waals surface area contributed by atoms with Crippen LogP contribution in [0, 0.1) is 0 Å². The number of hydrogen-bond acceptors (Lipinski definition) is 4. The standard InChI is InChI=1S/C13H21NO4/c1-9(12(15)14-10-5-2-3-6-10)18-13(16)11-7-4-8-17-11/h9-11H,2-8H2,1H3,(H,14,15)/t9-,11+/m0/s1. The summed E-state index contributed by atoms with van der Waals surface area (Å²) in [5, 5.41) is 2.92. The normalized spacial score (nSPS) is 25.9. The first-order chi connectivity index (χ1) is 8.66. The molecule has 0 aromatic rings. The number of rotatable bonds is 4. The van der Waals surface area contributed by atoms with Gasteiger partial charge in [-0.15, -0.1) is 0 Å². The fraction of sp³-hybridized carbons (Fsp3) is 0.846. The highest BCUT2D eigenvalue weighted by Crippen LogP contribution is 2.18. The van der Waals surface area contributed by atoms with Crippen LogP contribution in [-0.2, 0) is 19.1 Å². The molecule has 1 saturated heterocycles. The molecule has 0 unspecified atom stereocenters. The third kappa shape index (κ3) is 3.45. The van der Waals surface area contributed by atoms with Crippen LogP contribution < -0.4 is 5.32 Å². The van der Waals surface area contributed by atoms with Crippen LogP contribution >= 0.6 is 0 Å². The molecule has 2 rings (SSSR count). The van der Waals surface area contributed by atoms with Gasteiger partial charge in [-0.05, 0) is 32.6 Å². The van der Waals surface area contributed by atoms with Crippen molar-refractivity contribution >= 4 is 11.9 Å². The van der Waals surface area contributed by atoms with Crippen LogP contribution in [0.1, 0.15) is 45.4 Å².